The van der Waals surface area contributed by atoms with E-state index >= 15 is 0 Å². The van der Waals surface area contributed by atoms with Crippen molar-refractivity contribution < 1.29 is 19.4 Å². The van der Waals surface area contributed by atoms with Crippen molar-refractivity contribution >= 4 is 11.9 Å². The SMILES string of the molecule is CC1CCCN(CCCC(=O)N2CCOCC2)C1C(=O)O. The Hall–Kier alpha value is -1.14. The van der Waals surface area contributed by atoms with Crippen LogP contribution in [0.25, 0.3) is 0 Å². The van der Waals surface area contributed by atoms with Crippen molar-refractivity contribution in [1.29, 1.82) is 0 Å². The molecule has 2 atom stereocenters. The number of nitrogens with zero attached hydrogens (tertiary/aromatic N) is 2. The zero-order chi connectivity index (χ0) is 15.2. The average molecular weight is 298 g/mol. The molecule has 2 saturated heterocycles. The van der Waals surface area contributed by atoms with Crippen molar-refractivity contribution in [3.8, 4) is 0 Å². The molecule has 0 spiro atoms. The third-order valence-corrected chi connectivity index (χ3v) is 4.49. The number of ether oxygens (including phenoxy) is 1. The second kappa shape index (κ2) is 7.75. The first kappa shape index (κ1) is 16.2. The third kappa shape index (κ3) is 4.41. The summed E-state index contributed by atoms with van der Waals surface area (Å²) in [7, 11) is 0. The highest BCUT2D eigenvalue weighted by Gasteiger charge is 2.33. The summed E-state index contributed by atoms with van der Waals surface area (Å²) >= 11 is 0. The van der Waals surface area contributed by atoms with Crippen LogP contribution in [0.3, 0.4) is 0 Å². The Bertz CT molecular complexity index is 369. The lowest BCUT2D eigenvalue weighted by Crippen LogP contribution is -2.49. The molecule has 6 nitrogen and oxygen atoms in total. The van der Waals surface area contributed by atoms with Crippen LogP contribution in [0.2, 0.25) is 0 Å². The predicted octanol–water partition coefficient (Wildman–Crippen LogP) is 0.811. The fraction of sp³-hybridized carbons (Fsp3) is 0.867. The zero-order valence-electron chi connectivity index (χ0n) is 12.8. The number of rotatable bonds is 5. The fourth-order valence-corrected chi connectivity index (χ4v) is 3.33. The molecule has 21 heavy (non-hydrogen) atoms. The van der Waals surface area contributed by atoms with Crippen molar-refractivity contribution in [3.05, 3.63) is 0 Å². The first-order valence-electron chi connectivity index (χ1n) is 7.92. The highest BCUT2D eigenvalue weighted by molar-refractivity contribution is 5.76. The maximum atomic E-state index is 12.1. The molecule has 0 saturated carbocycles. The van der Waals surface area contributed by atoms with Gasteiger partial charge in [-0.05, 0) is 38.3 Å². The lowest BCUT2D eigenvalue weighted by Gasteiger charge is -2.37. The number of morpholine rings is 1. The highest BCUT2D eigenvalue weighted by Crippen LogP contribution is 2.23. The third-order valence-electron chi connectivity index (χ3n) is 4.49. The highest BCUT2D eigenvalue weighted by atomic mass is 16.5. The number of aliphatic carboxylic acids is 1. The van der Waals surface area contributed by atoms with E-state index in [2.05, 4.69) is 0 Å². The van der Waals surface area contributed by atoms with Crippen LogP contribution in [0.5, 0.6) is 0 Å². The van der Waals surface area contributed by atoms with Crippen LogP contribution in [0, 0.1) is 5.92 Å². The van der Waals surface area contributed by atoms with Crippen LogP contribution < -0.4 is 0 Å². The van der Waals surface area contributed by atoms with Gasteiger partial charge in [0.05, 0.1) is 13.2 Å². The topological polar surface area (TPSA) is 70.1 Å². The number of carbonyl (C=O) groups excluding carboxylic acids is 1. The van der Waals surface area contributed by atoms with Crippen LogP contribution >= 0.6 is 0 Å². The molecule has 2 fully saturated rings. The number of carboxylic acid groups (broad SMARTS) is 1. The molecule has 2 unspecified atom stereocenters. The minimum absolute atomic E-state index is 0.162. The Kier molecular flexibility index (Phi) is 5.99. The molecule has 2 rings (SSSR count). The number of piperidine rings is 1. The van der Waals surface area contributed by atoms with Gasteiger partial charge in [0, 0.05) is 19.5 Å². The van der Waals surface area contributed by atoms with Gasteiger partial charge in [0.25, 0.3) is 0 Å². The normalized spacial score (nSPS) is 27.6. The smallest absolute Gasteiger partial charge is 0.321 e. The summed E-state index contributed by atoms with van der Waals surface area (Å²) in [6.07, 6.45) is 3.24. The monoisotopic (exact) mass is 298 g/mol. The summed E-state index contributed by atoms with van der Waals surface area (Å²) in [4.78, 5) is 27.3. The standard InChI is InChI=1S/C15H26N2O4/c1-12-4-2-6-17(14(12)15(19)20)7-3-5-13(18)16-8-10-21-11-9-16/h12,14H,2-11H2,1H3,(H,19,20). The fourth-order valence-electron chi connectivity index (χ4n) is 3.33. The second-order valence-corrected chi connectivity index (χ2v) is 6.04. The van der Waals surface area contributed by atoms with Crippen molar-refractivity contribution in [3.63, 3.8) is 0 Å². The van der Waals surface area contributed by atoms with Crippen molar-refractivity contribution in [2.45, 2.75) is 38.6 Å². The van der Waals surface area contributed by atoms with E-state index in [1.54, 1.807) is 0 Å². The van der Waals surface area contributed by atoms with E-state index in [0.717, 1.165) is 25.8 Å². The minimum atomic E-state index is -0.735. The van der Waals surface area contributed by atoms with Gasteiger partial charge in [0.1, 0.15) is 6.04 Å². The molecule has 0 radical (unpaired) electrons. The van der Waals surface area contributed by atoms with Crippen molar-refractivity contribution in [1.82, 2.24) is 9.80 Å². The van der Waals surface area contributed by atoms with E-state index in [9.17, 15) is 14.7 Å². The molecule has 0 aromatic heterocycles. The molecular formula is C15H26N2O4. The van der Waals surface area contributed by atoms with E-state index in [1.165, 1.54) is 0 Å². The molecule has 0 aromatic rings. The lowest BCUT2D eigenvalue weighted by molar-refractivity contribution is -0.146. The van der Waals surface area contributed by atoms with E-state index in [0.29, 0.717) is 39.3 Å². The molecule has 0 aromatic carbocycles. The van der Waals surface area contributed by atoms with Gasteiger partial charge >= 0.3 is 5.97 Å². The summed E-state index contributed by atoms with van der Waals surface area (Å²) in [5, 5.41) is 9.36. The lowest BCUT2D eigenvalue weighted by atomic mass is 9.90. The van der Waals surface area contributed by atoms with E-state index in [-0.39, 0.29) is 11.8 Å². The molecule has 2 heterocycles. The Labute approximate surface area is 126 Å². The summed E-state index contributed by atoms with van der Waals surface area (Å²) in [6.45, 7) is 6.12. The molecule has 1 N–H and O–H groups in total. The zero-order valence-corrected chi connectivity index (χ0v) is 12.8. The molecular weight excluding hydrogens is 272 g/mol. The molecule has 2 aliphatic heterocycles. The predicted molar refractivity (Wildman–Crippen MR) is 78.0 cm³/mol. The Balaban J connectivity index is 1.76. The molecule has 0 aliphatic carbocycles. The summed E-state index contributed by atoms with van der Waals surface area (Å²) in [5.41, 5.74) is 0. The van der Waals surface area contributed by atoms with Gasteiger partial charge in [0.15, 0.2) is 0 Å². The van der Waals surface area contributed by atoms with Crippen LogP contribution in [0.15, 0.2) is 0 Å². The number of amides is 1. The van der Waals surface area contributed by atoms with Gasteiger partial charge in [0.2, 0.25) is 5.91 Å². The molecule has 120 valence electrons. The van der Waals surface area contributed by atoms with E-state index < -0.39 is 12.0 Å². The van der Waals surface area contributed by atoms with Gasteiger partial charge in [-0.25, -0.2) is 0 Å². The second-order valence-electron chi connectivity index (χ2n) is 6.04. The van der Waals surface area contributed by atoms with Gasteiger partial charge in [-0.15, -0.1) is 0 Å². The van der Waals surface area contributed by atoms with E-state index in [4.69, 9.17) is 4.74 Å². The van der Waals surface area contributed by atoms with Crippen molar-refractivity contribution in [2.75, 3.05) is 39.4 Å². The van der Waals surface area contributed by atoms with Crippen molar-refractivity contribution in [2.24, 2.45) is 5.92 Å². The minimum Gasteiger partial charge on any atom is -0.480 e. The maximum absolute atomic E-state index is 12.1. The van der Waals surface area contributed by atoms with Crippen LogP contribution in [0.1, 0.15) is 32.6 Å². The number of hydrogen-bond acceptors (Lipinski definition) is 4. The number of hydrogen-bond donors (Lipinski definition) is 1. The maximum Gasteiger partial charge on any atom is 0.321 e. The first-order chi connectivity index (χ1) is 10.1. The quantitative estimate of drug-likeness (QED) is 0.813. The van der Waals surface area contributed by atoms with Crippen LogP contribution in [-0.4, -0.2) is 72.2 Å². The van der Waals surface area contributed by atoms with Gasteiger partial charge in [-0.3, -0.25) is 14.5 Å². The van der Waals surface area contributed by atoms with Gasteiger partial charge < -0.3 is 14.7 Å². The molecule has 1 amide bonds. The number of carboxylic acids is 1. The molecule has 0 bridgehead atoms. The number of carbonyl (C=O) groups is 2. The van der Waals surface area contributed by atoms with Gasteiger partial charge in [-0.2, -0.15) is 0 Å². The van der Waals surface area contributed by atoms with Crippen LogP contribution in [-0.2, 0) is 14.3 Å². The Morgan fingerprint density at radius 3 is 2.62 bits per heavy atom. The summed E-state index contributed by atoms with van der Waals surface area (Å²) in [6, 6.07) is -0.391. The van der Waals surface area contributed by atoms with E-state index in [1.807, 2.05) is 16.7 Å². The Morgan fingerprint density at radius 1 is 1.24 bits per heavy atom. The summed E-state index contributed by atoms with van der Waals surface area (Å²) < 4.78 is 5.23. The molecule has 6 heteroatoms. The first-order valence-corrected chi connectivity index (χ1v) is 7.92. The largest absolute Gasteiger partial charge is 0.480 e. The average Bonchev–Trinajstić information content (AvgIpc) is 2.47. The summed E-state index contributed by atoms with van der Waals surface area (Å²) in [5.74, 6) is -0.386. The van der Waals surface area contributed by atoms with Crippen LogP contribution in [0.4, 0.5) is 0 Å². The number of likely N-dealkylation sites (tertiary alicyclic amines) is 1. The Morgan fingerprint density at radius 2 is 1.95 bits per heavy atom. The van der Waals surface area contributed by atoms with Gasteiger partial charge in [-0.1, -0.05) is 6.92 Å². The molecule has 2 aliphatic rings.